The molecule has 0 unspecified atom stereocenters. The lowest BCUT2D eigenvalue weighted by atomic mass is 10.0. The summed E-state index contributed by atoms with van der Waals surface area (Å²) in [7, 11) is 2.04. The van der Waals surface area contributed by atoms with Crippen LogP contribution in [0.3, 0.4) is 0 Å². The lowest BCUT2D eigenvalue weighted by Crippen LogP contribution is -2.42. The van der Waals surface area contributed by atoms with Crippen LogP contribution in [-0.4, -0.2) is 48.3 Å². The number of nitrogens with zero attached hydrogens (tertiary/aromatic N) is 1. The van der Waals surface area contributed by atoms with Gasteiger partial charge in [-0.15, -0.1) is 0 Å². The smallest absolute Gasteiger partial charge is 0.0603 e. The van der Waals surface area contributed by atoms with Gasteiger partial charge in [-0.1, -0.05) is 0 Å². The van der Waals surface area contributed by atoms with Crippen LogP contribution >= 0.6 is 0 Å². The molecule has 0 spiro atoms. The van der Waals surface area contributed by atoms with Gasteiger partial charge >= 0.3 is 0 Å². The molecule has 1 aliphatic rings. The second-order valence-electron chi connectivity index (χ2n) is 4.97. The maximum atomic E-state index is 9.61. The van der Waals surface area contributed by atoms with Crippen molar-refractivity contribution in [2.45, 2.75) is 44.8 Å². The molecule has 3 nitrogen and oxygen atoms in total. The zero-order valence-corrected chi connectivity index (χ0v) is 9.71. The van der Waals surface area contributed by atoms with Gasteiger partial charge in [0.15, 0.2) is 0 Å². The van der Waals surface area contributed by atoms with Crippen molar-refractivity contribution in [2.24, 2.45) is 0 Å². The average molecular weight is 200 g/mol. The first-order chi connectivity index (χ1) is 6.51. The number of nitrogens with one attached hydrogen (secondary N) is 1. The second-order valence-corrected chi connectivity index (χ2v) is 4.97. The minimum Gasteiger partial charge on any atom is -0.390 e. The molecule has 0 aliphatic carbocycles. The van der Waals surface area contributed by atoms with Crippen molar-refractivity contribution >= 4 is 0 Å². The van der Waals surface area contributed by atoms with Crippen molar-refractivity contribution in [1.82, 2.24) is 10.2 Å². The van der Waals surface area contributed by atoms with Gasteiger partial charge in [0, 0.05) is 12.6 Å². The van der Waals surface area contributed by atoms with Crippen molar-refractivity contribution in [2.75, 3.05) is 26.7 Å². The molecule has 14 heavy (non-hydrogen) atoms. The molecule has 1 aliphatic heterocycles. The summed E-state index contributed by atoms with van der Waals surface area (Å²) in [5, 5.41) is 12.9. The van der Waals surface area contributed by atoms with E-state index in [0.717, 1.165) is 13.0 Å². The topological polar surface area (TPSA) is 35.5 Å². The molecule has 3 heteroatoms. The van der Waals surface area contributed by atoms with E-state index in [1.54, 1.807) is 0 Å². The minimum atomic E-state index is -0.514. The number of rotatable bonds is 4. The molecular weight excluding hydrogens is 176 g/mol. The fourth-order valence-corrected chi connectivity index (χ4v) is 1.88. The largest absolute Gasteiger partial charge is 0.390 e. The highest BCUT2D eigenvalue weighted by molar-refractivity contribution is 4.77. The standard InChI is InChI=1S/C11H24N2O/c1-11(2,14)6-9-13-7-4-10(12-3)5-8-13/h10,12,14H,4-9H2,1-3H3. The first-order valence-corrected chi connectivity index (χ1v) is 5.63. The highest BCUT2D eigenvalue weighted by Crippen LogP contribution is 2.13. The number of piperidine rings is 1. The molecule has 0 radical (unpaired) electrons. The van der Waals surface area contributed by atoms with Crippen molar-refractivity contribution in [3.8, 4) is 0 Å². The average Bonchev–Trinajstić information content (AvgIpc) is 2.14. The third-order valence-electron chi connectivity index (χ3n) is 3.04. The molecule has 1 heterocycles. The van der Waals surface area contributed by atoms with Crippen LogP contribution < -0.4 is 5.32 Å². The molecule has 0 aromatic rings. The predicted molar refractivity (Wildman–Crippen MR) is 59.4 cm³/mol. The molecule has 2 N–H and O–H groups in total. The Morgan fingerprint density at radius 3 is 2.36 bits per heavy atom. The van der Waals surface area contributed by atoms with E-state index in [2.05, 4.69) is 10.2 Å². The molecule has 0 amide bonds. The van der Waals surface area contributed by atoms with Gasteiger partial charge in [0.05, 0.1) is 5.60 Å². The first kappa shape index (κ1) is 12.0. The van der Waals surface area contributed by atoms with Gasteiger partial charge < -0.3 is 15.3 Å². The Bertz CT molecular complexity index is 157. The molecule has 1 rings (SSSR count). The second kappa shape index (κ2) is 5.10. The fourth-order valence-electron chi connectivity index (χ4n) is 1.88. The van der Waals surface area contributed by atoms with Gasteiger partial charge in [-0.05, 0) is 53.2 Å². The molecule has 0 aromatic carbocycles. The van der Waals surface area contributed by atoms with Crippen molar-refractivity contribution in [1.29, 1.82) is 0 Å². The van der Waals surface area contributed by atoms with Crippen LogP contribution in [0, 0.1) is 0 Å². The van der Waals surface area contributed by atoms with Crippen LogP contribution in [-0.2, 0) is 0 Å². The summed E-state index contributed by atoms with van der Waals surface area (Å²) in [6.07, 6.45) is 3.35. The summed E-state index contributed by atoms with van der Waals surface area (Å²) in [6, 6.07) is 0.702. The fraction of sp³-hybridized carbons (Fsp3) is 1.00. The summed E-state index contributed by atoms with van der Waals surface area (Å²) < 4.78 is 0. The molecule has 0 bridgehead atoms. The van der Waals surface area contributed by atoms with Crippen molar-refractivity contribution in [3.05, 3.63) is 0 Å². The summed E-state index contributed by atoms with van der Waals surface area (Å²) in [4.78, 5) is 2.45. The Labute approximate surface area is 87.5 Å². The summed E-state index contributed by atoms with van der Waals surface area (Å²) >= 11 is 0. The van der Waals surface area contributed by atoms with Crippen LogP contribution in [0.5, 0.6) is 0 Å². The van der Waals surface area contributed by atoms with E-state index < -0.39 is 5.60 Å². The maximum Gasteiger partial charge on any atom is 0.0603 e. The highest BCUT2D eigenvalue weighted by atomic mass is 16.3. The molecule has 0 aromatic heterocycles. The normalized spacial score (nSPS) is 21.4. The first-order valence-electron chi connectivity index (χ1n) is 5.63. The van der Waals surface area contributed by atoms with Crippen LogP contribution in [0.25, 0.3) is 0 Å². The number of hydrogen-bond donors (Lipinski definition) is 2. The Morgan fingerprint density at radius 2 is 1.93 bits per heavy atom. The van der Waals surface area contributed by atoms with E-state index in [0.29, 0.717) is 6.04 Å². The van der Waals surface area contributed by atoms with E-state index in [1.165, 1.54) is 25.9 Å². The molecule has 0 saturated carbocycles. The minimum absolute atomic E-state index is 0.514. The third-order valence-corrected chi connectivity index (χ3v) is 3.04. The van der Waals surface area contributed by atoms with E-state index in [4.69, 9.17) is 0 Å². The lowest BCUT2D eigenvalue weighted by Gasteiger charge is -2.33. The van der Waals surface area contributed by atoms with Gasteiger partial charge in [0.1, 0.15) is 0 Å². The zero-order chi connectivity index (χ0) is 10.6. The van der Waals surface area contributed by atoms with E-state index in [-0.39, 0.29) is 0 Å². The van der Waals surface area contributed by atoms with Crippen LogP contribution in [0.1, 0.15) is 33.1 Å². The molecule has 1 saturated heterocycles. The SMILES string of the molecule is CNC1CCN(CCC(C)(C)O)CC1. The van der Waals surface area contributed by atoms with Gasteiger partial charge in [-0.25, -0.2) is 0 Å². The number of aliphatic hydroxyl groups is 1. The van der Waals surface area contributed by atoms with E-state index >= 15 is 0 Å². The van der Waals surface area contributed by atoms with E-state index in [1.807, 2.05) is 20.9 Å². The van der Waals surface area contributed by atoms with Crippen LogP contribution in [0.15, 0.2) is 0 Å². The maximum absolute atomic E-state index is 9.61. The molecule has 0 atom stereocenters. The Morgan fingerprint density at radius 1 is 1.36 bits per heavy atom. The van der Waals surface area contributed by atoms with Crippen LogP contribution in [0.2, 0.25) is 0 Å². The van der Waals surface area contributed by atoms with Gasteiger partial charge in [-0.3, -0.25) is 0 Å². The van der Waals surface area contributed by atoms with Gasteiger partial charge in [-0.2, -0.15) is 0 Å². The van der Waals surface area contributed by atoms with Gasteiger partial charge in [0.25, 0.3) is 0 Å². The zero-order valence-electron chi connectivity index (χ0n) is 9.71. The number of hydrogen-bond acceptors (Lipinski definition) is 3. The monoisotopic (exact) mass is 200 g/mol. The third kappa shape index (κ3) is 4.40. The molecule has 1 fully saturated rings. The van der Waals surface area contributed by atoms with E-state index in [9.17, 15) is 5.11 Å². The lowest BCUT2D eigenvalue weighted by molar-refractivity contribution is 0.0535. The van der Waals surface area contributed by atoms with Crippen molar-refractivity contribution < 1.29 is 5.11 Å². The number of likely N-dealkylation sites (tertiary alicyclic amines) is 1. The summed E-state index contributed by atoms with van der Waals surface area (Å²) in [5.74, 6) is 0. The molecule has 84 valence electrons. The summed E-state index contributed by atoms with van der Waals surface area (Å²) in [6.45, 7) is 7.13. The van der Waals surface area contributed by atoms with Crippen LogP contribution in [0.4, 0.5) is 0 Å². The molecular formula is C11H24N2O. The summed E-state index contributed by atoms with van der Waals surface area (Å²) in [5.41, 5.74) is -0.514. The quantitative estimate of drug-likeness (QED) is 0.705. The van der Waals surface area contributed by atoms with Crippen molar-refractivity contribution in [3.63, 3.8) is 0 Å². The Balaban J connectivity index is 2.16. The Hall–Kier alpha value is -0.120. The van der Waals surface area contributed by atoms with Gasteiger partial charge in [0.2, 0.25) is 0 Å². The highest BCUT2D eigenvalue weighted by Gasteiger charge is 2.20. The Kier molecular flexibility index (Phi) is 4.35. The predicted octanol–water partition coefficient (Wildman–Crippen LogP) is 0.831.